The largest absolute Gasteiger partial charge is 0.381 e. The summed E-state index contributed by atoms with van der Waals surface area (Å²) in [5.74, 6) is 0.809. The van der Waals surface area contributed by atoms with Gasteiger partial charge in [0.1, 0.15) is 0 Å². The zero-order valence-electron chi connectivity index (χ0n) is 12.8. The average Bonchev–Trinajstić information content (AvgIpc) is 3.23. The maximum Gasteiger partial charge on any atom is 0.228 e. The number of hydrogen-bond acceptors (Lipinski definition) is 4. The summed E-state index contributed by atoms with van der Waals surface area (Å²) in [6.07, 6.45) is 2.86. The number of piperidine rings is 1. The Morgan fingerprint density at radius 1 is 1.30 bits per heavy atom. The van der Waals surface area contributed by atoms with Gasteiger partial charge in [0, 0.05) is 30.6 Å². The highest BCUT2D eigenvalue weighted by Gasteiger charge is 2.31. The van der Waals surface area contributed by atoms with Crippen molar-refractivity contribution in [2.24, 2.45) is 5.92 Å². The Hall–Kier alpha value is -1.17. The van der Waals surface area contributed by atoms with Crippen molar-refractivity contribution in [3.63, 3.8) is 0 Å². The Morgan fingerprint density at radius 3 is 2.87 bits per heavy atom. The molecule has 0 bridgehead atoms. The molecule has 2 aliphatic heterocycles. The Bertz CT molecular complexity index is 718. The number of carbonyl (C=O) groups is 1. The van der Waals surface area contributed by atoms with E-state index in [-0.39, 0.29) is 11.8 Å². The molecule has 2 aromatic rings. The highest BCUT2D eigenvalue weighted by molar-refractivity contribution is 7.18. The first kappa shape index (κ1) is 15.4. The van der Waals surface area contributed by atoms with Gasteiger partial charge in [0.05, 0.1) is 27.7 Å². The molecule has 1 amide bonds. The van der Waals surface area contributed by atoms with Crippen molar-refractivity contribution in [1.82, 2.24) is 9.88 Å². The fourth-order valence-electron chi connectivity index (χ4n) is 3.43. The van der Waals surface area contributed by atoms with Gasteiger partial charge in [-0.1, -0.05) is 11.6 Å². The van der Waals surface area contributed by atoms with E-state index in [9.17, 15) is 4.79 Å². The topological polar surface area (TPSA) is 42.4 Å². The maximum atomic E-state index is 12.4. The van der Waals surface area contributed by atoms with Crippen LogP contribution in [0.1, 0.15) is 30.2 Å². The maximum absolute atomic E-state index is 12.4. The van der Waals surface area contributed by atoms with E-state index in [0.29, 0.717) is 12.5 Å². The molecule has 0 N–H and O–H groups in total. The molecule has 1 aromatic heterocycles. The lowest BCUT2D eigenvalue weighted by Crippen LogP contribution is -2.41. The fourth-order valence-corrected chi connectivity index (χ4v) is 4.71. The van der Waals surface area contributed by atoms with E-state index in [1.807, 2.05) is 23.1 Å². The highest BCUT2D eigenvalue weighted by Crippen LogP contribution is 2.35. The summed E-state index contributed by atoms with van der Waals surface area (Å²) in [6.45, 7) is 2.98. The van der Waals surface area contributed by atoms with Crippen LogP contribution in [-0.2, 0) is 9.53 Å². The van der Waals surface area contributed by atoms with E-state index < -0.39 is 0 Å². The molecule has 0 saturated carbocycles. The van der Waals surface area contributed by atoms with Crippen LogP contribution in [0.2, 0.25) is 5.02 Å². The van der Waals surface area contributed by atoms with Crippen molar-refractivity contribution in [2.45, 2.75) is 25.2 Å². The van der Waals surface area contributed by atoms with Gasteiger partial charge in [-0.05, 0) is 37.5 Å². The molecule has 4 rings (SSSR count). The molecule has 2 saturated heterocycles. The number of amides is 1. The minimum Gasteiger partial charge on any atom is -0.381 e. The Morgan fingerprint density at radius 2 is 2.13 bits per heavy atom. The summed E-state index contributed by atoms with van der Waals surface area (Å²) < 4.78 is 6.52. The summed E-state index contributed by atoms with van der Waals surface area (Å²) in [7, 11) is 0. The molecule has 4 nitrogen and oxygen atoms in total. The lowest BCUT2D eigenvalue weighted by Gasteiger charge is -2.32. The van der Waals surface area contributed by atoms with E-state index in [0.717, 1.165) is 49.5 Å². The Labute approximate surface area is 144 Å². The molecule has 6 heteroatoms. The number of carbonyl (C=O) groups excluding carboxylic acids is 1. The van der Waals surface area contributed by atoms with Gasteiger partial charge in [0.15, 0.2) is 0 Å². The van der Waals surface area contributed by atoms with E-state index in [1.54, 1.807) is 11.3 Å². The third kappa shape index (κ3) is 3.10. The lowest BCUT2D eigenvalue weighted by atomic mass is 9.96. The molecule has 23 heavy (non-hydrogen) atoms. The van der Waals surface area contributed by atoms with Gasteiger partial charge in [-0.25, -0.2) is 4.98 Å². The number of benzene rings is 1. The molecule has 0 unspecified atom stereocenters. The van der Waals surface area contributed by atoms with E-state index in [1.165, 1.54) is 9.71 Å². The second-order valence-corrected chi connectivity index (χ2v) is 7.82. The molecule has 1 aromatic carbocycles. The summed E-state index contributed by atoms with van der Waals surface area (Å²) >= 11 is 7.79. The van der Waals surface area contributed by atoms with Gasteiger partial charge < -0.3 is 9.64 Å². The fraction of sp³-hybridized carbons (Fsp3) is 0.529. The monoisotopic (exact) mass is 350 g/mol. The molecule has 122 valence electrons. The van der Waals surface area contributed by atoms with E-state index >= 15 is 0 Å². The highest BCUT2D eigenvalue weighted by atomic mass is 35.5. The van der Waals surface area contributed by atoms with Crippen LogP contribution in [0.25, 0.3) is 10.2 Å². The quantitative estimate of drug-likeness (QED) is 0.829. The normalized spacial score (nSPS) is 22.8. The third-order valence-electron chi connectivity index (χ3n) is 4.80. The average molecular weight is 351 g/mol. The van der Waals surface area contributed by atoms with Crippen molar-refractivity contribution < 1.29 is 9.53 Å². The smallest absolute Gasteiger partial charge is 0.228 e. The van der Waals surface area contributed by atoms with Crippen LogP contribution in [0.4, 0.5) is 0 Å². The third-order valence-corrected chi connectivity index (χ3v) is 6.23. The second-order valence-electron chi connectivity index (χ2n) is 6.32. The van der Waals surface area contributed by atoms with Crippen molar-refractivity contribution in [3.8, 4) is 0 Å². The van der Waals surface area contributed by atoms with Crippen LogP contribution in [0.15, 0.2) is 18.2 Å². The minimum atomic E-state index is 0.0798. The summed E-state index contributed by atoms with van der Waals surface area (Å²) in [6, 6.07) is 5.88. The Balaban J connectivity index is 1.43. The molecule has 0 radical (unpaired) electrons. The number of hydrogen-bond donors (Lipinski definition) is 0. The molecule has 2 fully saturated rings. The molecule has 1 atom stereocenters. The lowest BCUT2D eigenvalue weighted by molar-refractivity contribution is -0.136. The minimum absolute atomic E-state index is 0.0798. The number of nitrogens with zero attached hydrogens (tertiary/aromatic N) is 2. The Kier molecular flexibility index (Phi) is 4.26. The molecular formula is C17H19ClN2O2S. The zero-order chi connectivity index (χ0) is 15.8. The van der Waals surface area contributed by atoms with Gasteiger partial charge >= 0.3 is 0 Å². The number of aromatic nitrogens is 1. The molecule has 3 heterocycles. The van der Waals surface area contributed by atoms with Crippen LogP contribution >= 0.6 is 22.9 Å². The first-order valence-electron chi connectivity index (χ1n) is 8.13. The first-order valence-corrected chi connectivity index (χ1v) is 9.32. The van der Waals surface area contributed by atoms with Crippen molar-refractivity contribution in [2.75, 3.05) is 26.3 Å². The van der Waals surface area contributed by atoms with Crippen LogP contribution < -0.4 is 0 Å². The van der Waals surface area contributed by atoms with Gasteiger partial charge in [-0.2, -0.15) is 0 Å². The summed E-state index contributed by atoms with van der Waals surface area (Å²) in [4.78, 5) is 19.2. The predicted molar refractivity (Wildman–Crippen MR) is 92.1 cm³/mol. The van der Waals surface area contributed by atoms with Crippen LogP contribution in [0, 0.1) is 5.92 Å². The number of ether oxygens (including phenoxy) is 1. The summed E-state index contributed by atoms with van der Waals surface area (Å²) in [5.41, 5.74) is 0.985. The number of likely N-dealkylation sites (tertiary alicyclic amines) is 1. The van der Waals surface area contributed by atoms with Crippen molar-refractivity contribution in [1.29, 1.82) is 0 Å². The number of fused-ring (bicyclic) bond motifs is 1. The molecule has 0 aliphatic carbocycles. The SMILES string of the molecule is O=C([C@H]1CCOC1)N1CCC(c2nc3cc(Cl)ccc3s2)CC1. The van der Waals surface area contributed by atoms with Crippen LogP contribution in [-0.4, -0.2) is 42.1 Å². The van der Waals surface area contributed by atoms with Crippen LogP contribution in [0.5, 0.6) is 0 Å². The second kappa shape index (κ2) is 6.38. The molecular weight excluding hydrogens is 332 g/mol. The standard InChI is InChI=1S/C17H19ClN2O2S/c18-13-1-2-15-14(9-13)19-16(23-15)11-3-6-20(7-4-11)17(21)12-5-8-22-10-12/h1-2,9,11-12H,3-8,10H2/t12-/m0/s1. The zero-order valence-corrected chi connectivity index (χ0v) is 14.4. The van der Waals surface area contributed by atoms with Gasteiger partial charge in [-0.3, -0.25) is 4.79 Å². The van der Waals surface area contributed by atoms with Crippen LogP contribution in [0.3, 0.4) is 0 Å². The van der Waals surface area contributed by atoms with E-state index in [4.69, 9.17) is 21.3 Å². The number of thiazole rings is 1. The molecule has 2 aliphatic rings. The predicted octanol–water partition coefficient (Wildman–Crippen LogP) is 3.69. The van der Waals surface area contributed by atoms with Crippen molar-refractivity contribution >= 4 is 39.1 Å². The number of rotatable bonds is 2. The van der Waals surface area contributed by atoms with Gasteiger partial charge in [0.25, 0.3) is 0 Å². The van der Waals surface area contributed by atoms with Gasteiger partial charge in [0.2, 0.25) is 5.91 Å². The van der Waals surface area contributed by atoms with Gasteiger partial charge in [-0.15, -0.1) is 11.3 Å². The molecule has 0 spiro atoms. The number of halogens is 1. The first-order chi connectivity index (χ1) is 11.2. The van der Waals surface area contributed by atoms with E-state index in [2.05, 4.69) is 0 Å². The van der Waals surface area contributed by atoms with Crippen molar-refractivity contribution in [3.05, 3.63) is 28.2 Å². The summed E-state index contributed by atoms with van der Waals surface area (Å²) in [5, 5.41) is 1.91.